The number of pyridine rings is 1. The minimum atomic E-state index is -0.364. The topological polar surface area (TPSA) is 42.0 Å². The third kappa shape index (κ3) is 3.36. The highest BCUT2D eigenvalue weighted by Gasteiger charge is 2.32. The van der Waals surface area contributed by atoms with Gasteiger partial charge < -0.3 is 5.32 Å². The van der Waals surface area contributed by atoms with E-state index in [9.17, 15) is 9.18 Å². The first kappa shape index (κ1) is 15.9. The van der Waals surface area contributed by atoms with Crippen LogP contribution in [-0.4, -0.2) is 16.4 Å². The van der Waals surface area contributed by atoms with Crippen LogP contribution in [0, 0.1) is 11.7 Å². The molecule has 0 saturated heterocycles. The maximum Gasteiger partial charge on any atom is 0.253 e. The molecule has 23 heavy (non-hydrogen) atoms. The summed E-state index contributed by atoms with van der Waals surface area (Å²) >= 11 is 0. The lowest BCUT2D eigenvalue weighted by atomic mass is 9.76. The molecular formula is C19H23FN2O. The van der Waals surface area contributed by atoms with E-state index in [0.717, 1.165) is 12.8 Å². The number of amides is 1. The predicted molar refractivity (Wildman–Crippen MR) is 89.8 cm³/mol. The summed E-state index contributed by atoms with van der Waals surface area (Å²) in [5.74, 6) is 0.00212. The number of nitrogens with zero attached hydrogens (tertiary/aromatic N) is 1. The number of para-hydroxylation sites is 1. The third-order valence-electron chi connectivity index (χ3n) is 4.99. The van der Waals surface area contributed by atoms with Gasteiger partial charge in [-0.15, -0.1) is 0 Å². The molecule has 0 atom stereocenters. The van der Waals surface area contributed by atoms with Crippen molar-refractivity contribution in [2.24, 2.45) is 5.92 Å². The van der Waals surface area contributed by atoms with E-state index in [1.165, 1.54) is 31.5 Å². The Labute approximate surface area is 136 Å². The van der Waals surface area contributed by atoms with Crippen molar-refractivity contribution in [3.8, 4) is 0 Å². The molecule has 1 aromatic heterocycles. The maximum atomic E-state index is 13.7. The molecule has 0 spiro atoms. The van der Waals surface area contributed by atoms with Crippen LogP contribution in [0.5, 0.6) is 0 Å². The monoisotopic (exact) mass is 314 g/mol. The van der Waals surface area contributed by atoms with Crippen LogP contribution in [0.1, 0.15) is 56.3 Å². The van der Waals surface area contributed by atoms with Crippen molar-refractivity contribution in [1.29, 1.82) is 0 Å². The fraction of sp³-hybridized carbons (Fsp3) is 0.474. The Balaban J connectivity index is 1.80. The Kier molecular flexibility index (Phi) is 4.33. The van der Waals surface area contributed by atoms with E-state index >= 15 is 0 Å². The zero-order chi connectivity index (χ0) is 16.4. The zero-order valence-corrected chi connectivity index (χ0v) is 13.7. The van der Waals surface area contributed by atoms with Crippen molar-refractivity contribution < 1.29 is 9.18 Å². The number of carbonyl (C=O) groups is 1. The van der Waals surface area contributed by atoms with E-state index in [-0.39, 0.29) is 17.3 Å². The Morgan fingerprint density at radius 3 is 2.74 bits per heavy atom. The van der Waals surface area contributed by atoms with E-state index in [2.05, 4.69) is 24.1 Å². The molecule has 0 unspecified atom stereocenters. The molecule has 1 aliphatic rings. The van der Waals surface area contributed by atoms with Crippen LogP contribution in [0.2, 0.25) is 0 Å². The van der Waals surface area contributed by atoms with Crippen molar-refractivity contribution in [2.75, 3.05) is 0 Å². The first-order chi connectivity index (χ1) is 11.0. The number of carbonyl (C=O) groups excluding carboxylic acids is 1. The average molecular weight is 314 g/mol. The lowest BCUT2D eigenvalue weighted by Crippen LogP contribution is -2.49. The number of halogens is 1. The van der Waals surface area contributed by atoms with Crippen molar-refractivity contribution in [2.45, 2.75) is 51.5 Å². The van der Waals surface area contributed by atoms with Crippen LogP contribution >= 0.6 is 0 Å². The summed E-state index contributed by atoms with van der Waals surface area (Å²) in [5.41, 5.74) is 0.538. The number of nitrogens with one attached hydrogen (secondary N) is 1. The molecule has 1 saturated carbocycles. The van der Waals surface area contributed by atoms with Gasteiger partial charge in [-0.25, -0.2) is 4.39 Å². The van der Waals surface area contributed by atoms with Gasteiger partial charge in [0.15, 0.2) is 0 Å². The molecule has 1 heterocycles. The molecule has 4 heteroatoms. The van der Waals surface area contributed by atoms with E-state index in [1.54, 1.807) is 18.2 Å². The number of fused-ring (bicyclic) bond motifs is 1. The SMILES string of the molecule is CC(C)(NC(=O)c1cnc2c(F)cccc2c1)C1CCCCC1. The van der Waals surface area contributed by atoms with Crippen LogP contribution in [0.4, 0.5) is 4.39 Å². The normalized spacial score (nSPS) is 16.5. The summed E-state index contributed by atoms with van der Waals surface area (Å²) in [7, 11) is 0. The molecular weight excluding hydrogens is 291 g/mol. The second kappa shape index (κ2) is 6.26. The molecule has 3 rings (SSSR count). The van der Waals surface area contributed by atoms with Crippen LogP contribution < -0.4 is 5.32 Å². The second-order valence-corrected chi connectivity index (χ2v) is 7.05. The molecule has 0 bridgehead atoms. The summed E-state index contributed by atoms with van der Waals surface area (Å²) in [4.78, 5) is 16.7. The summed E-state index contributed by atoms with van der Waals surface area (Å²) in [6, 6.07) is 6.49. The molecule has 122 valence electrons. The lowest BCUT2D eigenvalue weighted by Gasteiger charge is -2.37. The van der Waals surface area contributed by atoms with Crippen LogP contribution in [-0.2, 0) is 0 Å². The van der Waals surface area contributed by atoms with E-state index in [0.29, 0.717) is 22.4 Å². The number of rotatable bonds is 3. The van der Waals surface area contributed by atoms with Crippen molar-refractivity contribution >= 4 is 16.8 Å². The van der Waals surface area contributed by atoms with E-state index in [1.807, 2.05) is 0 Å². The van der Waals surface area contributed by atoms with Gasteiger partial charge in [0.1, 0.15) is 11.3 Å². The Morgan fingerprint density at radius 1 is 1.26 bits per heavy atom. The largest absolute Gasteiger partial charge is 0.347 e. The first-order valence-electron chi connectivity index (χ1n) is 8.34. The highest BCUT2D eigenvalue weighted by molar-refractivity contribution is 5.97. The molecule has 1 aromatic carbocycles. The average Bonchev–Trinajstić information content (AvgIpc) is 2.55. The summed E-state index contributed by atoms with van der Waals surface area (Å²) < 4.78 is 13.7. The van der Waals surface area contributed by atoms with Gasteiger partial charge in [0, 0.05) is 17.1 Å². The minimum Gasteiger partial charge on any atom is -0.347 e. The second-order valence-electron chi connectivity index (χ2n) is 7.05. The van der Waals surface area contributed by atoms with E-state index in [4.69, 9.17) is 0 Å². The number of hydrogen-bond donors (Lipinski definition) is 1. The van der Waals surface area contributed by atoms with Gasteiger partial charge in [-0.2, -0.15) is 0 Å². The number of benzene rings is 1. The van der Waals surface area contributed by atoms with E-state index < -0.39 is 0 Å². The minimum absolute atomic E-state index is 0.140. The van der Waals surface area contributed by atoms with Crippen LogP contribution in [0.25, 0.3) is 10.9 Å². The van der Waals surface area contributed by atoms with Crippen LogP contribution in [0.3, 0.4) is 0 Å². The van der Waals surface area contributed by atoms with Crippen molar-refractivity contribution in [1.82, 2.24) is 10.3 Å². The molecule has 0 radical (unpaired) electrons. The van der Waals surface area contributed by atoms with Gasteiger partial charge in [0.05, 0.1) is 5.56 Å². The number of hydrogen-bond acceptors (Lipinski definition) is 2. The maximum absolute atomic E-state index is 13.7. The lowest BCUT2D eigenvalue weighted by molar-refractivity contribution is 0.0858. The zero-order valence-electron chi connectivity index (χ0n) is 13.7. The number of aromatic nitrogens is 1. The molecule has 3 nitrogen and oxygen atoms in total. The smallest absolute Gasteiger partial charge is 0.253 e. The van der Waals surface area contributed by atoms with Crippen molar-refractivity contribution in [3.63, 3.8) is 0 Å². The third-order valence-corrected chi connectivity index (χ3v) is 4.99. The fourth-order valence-electron chi connectivity index (χ4n) is 3.54. The Bertz CT molecular complexity index is 720. The first-order valence-corrected chi connectivity index (χ1v) is 8.34. The predicted octanol–water partition coefficient (Wildman–Crippen LogP) is 4.46. The van der Waals surface area contributed by atoms with Gasteiger partial charge in [0.25, 0.3) is 5.91 Å². The summed E-state index contributed by atoms with van der Waals surface area (Å²) in [6.07, 6.45) is 7.54. The summed E-state index contributed by atoms with van der Waals surface area (Å²) in [5, 5.41) is 3.80. The molecule has 1 aliphatic carbocycles. The Morgan fingerprint density at radius 2 is 2.00 bits per heavy atom. The Hall–Kier alpha value is -1.97. The van der Waals surface area contributed by atoms with Gasteiger partial charge in [0.2, 0.25) is 0 Å². The standard InChI is InChI=1S/C19H23FN2O/c1-19(2,15-8-4-3-5-9-15)22-18(23)14-11-13-7-6-10-16(20)17(13)21-12-14/h6-7,10-12,15H,3-5,8-9H2,1-2H3,(H,22,23). The fourth-order valence-corrected chi connectivity index (χ4v) is 3.54. The highest BCUT2D eigenvalue weighted by Crippen LogP contribution is 2.32. The molecule has 1 amide bonds. The summed E-state index contributed by atoms with van der Waals surface area (Å²) in [6.45, 7) is 4.18. The van der Waals surface area contributed by atoms with Gasteiger partial charge in [-0.1, -0.05) is 31.4 Å². The molecule has 1 fully saturated rings. The van der Waals surface area contributed by atoms with Crippen LogP contribution in [0.15, 0.2) is 30.5 Å². The van der Waals surface area contributed by atoms with Gasteiger partial charge in [-0.3, -0.25) is 9.78 Å². The molecule has 2 aromatic rings. The quantitative estimate of drug-likeness (QED) is 0.908. The molecule has 0 aliphatic heterocycles. The van der Waals surface area contributed by atoms with Crippen molar-refractivity contribution in [3.05, 3.63) is 41.8 Å². The molecule has 1 N–H and O–H groups in total. The van der Waals surface area contributed by atoms with Gasteiger partial charge >= 0.3 is 0 Å². The van der Waals surface area contributed by atoms with Gasteiger partial charge in [-0.05, 0) is 44.7 Å². The highest BCUT2D eigenvalue weighted by atomic mass is 19.1.